The first-order chi connectivity index (χ1) is 17.9. The Balaban J connectivity index is 1.04. The summed E-state index contributed by atoms with van der Waals surface area (Å²) in [6.45, 7) is 5.97. The monoisotopic (exact) mass is 526 g/mol. The van der Waals surface area contributed by atoms with Gasteiger partial charge < -0.3 is 19.5 Å². The number of pyridine rings is 1. The number of halogens is 1. The van der Waals surface area contributed by atoms with Crippen LogP contribution in [0.25, 0.3) is 0 Å². The number of aromatic nitrogens is 1. The number of carbonyl (C=O) groups is 1. The van der Waals surface area contributed by atoms with E-state index in [0.717, 1.165) is 81.7 Å². The van der Waals surface area contributed by atoms with E-state index in [0.29, 0.717) is 16.1 Å². The quantitative estimate of drug-likeness (QED) is 0.305. The number of aryl methyl sites for hydroxylation is 2. The van der Waals surface area contributed by atoms with E-state index in [1.54, 1.807) is 0 Å². The van der Waals surface area contributed by atoms with Crippen LogP contribution in [0.5, 0.6) is 0 Å². The largest absolute Gasteiger partial charge is 0.464 e. The molecule has 37 heavy (non-hydrogen) atoms. The minimum absolute atomic E-state index is 0.108. The van der Waals surface area contributed by atoms with Gasteiger partial charge in [-0.1, -0.05) is 24.1 Å². The average Bonchev–Trinajstić information content (AvgIpc) is 3.10. The molecule has 8 heteroatoms. The highest BCUT2D eigenvalue weighted by Crippen LogP contribution is 2.59. The molecular weight excluding hydrogens is 490 g/mol. The van der Waals surface area contributed by atoms with Crippen LogP contribution < -0.4 is 5.32 Å². The van der Waals surface area contributed by atoms with Crippen molar-refractivity contribution in [3.63, 3.8) is 0 Å². The van der Waals surface area contributed by atoms with Gasteiger partial charge in [-0.2, -0.15) is 0 Å². The molecule has 1 aromatic heterocycles. The van der Waals surface area contributed by atoms with E-state index in [4.69, 9.17) is 30.8 Å². The highest BCUT2D eigenvalue weighted by molar-refractivity contribution is 6.30. The Bertz CT molecular complexity index is 1200. The Labute approximate surface area is 224 Å². The van der Waals surface area contributed by atoms with E-state index in [-0.39, 0.29) is 12.1 Å². The molecule has 5 heterocycles. The molecule has 198 valence electrons. The van der Waals surface area contributed by atoms with E-state index in [2.05, 4.69) is 24.4 Å². The Hall–Kier alpha value is -2.19. The highest BCUT2D eigenvalue weighted by atomic mass is 35.5. The molecule has 0 amide bonds. The molecule has 1 spiro atoms. The minimum Gasteiger partial charge on any atom is -0.464 e. The molecule has 0 aliphatic carbocycles. The summed E-state index contributed by atoms with van der Waals surface area (Å²) in [5, 5.41) is 4.09. The fourth-order valence-electron chi connectivity index (χ4n) is 7.08. The third-order valence-corrected chi connectivity index (χ3v) is 9.16. The van der Waals surface area contributed by atoms with Crippen LogP contribution in [-0.4, -0.2) is 61.5 Å². The third-order valence-electron chi connectivity index (χ3n) is 8.94. The number of unbranched alkanes of at least 4 members (excludes halogenated alkanes) is 2. The lowest BCUT2D eigenvalue weighted by molar-refractivity contribution is -1.05. The van der Waals surface area contributed by atoms with E-state index in [1.165, 1.54) is 30.4 Å². The second-order valence-corrected chi connectivity index (χ2v) is 11.5. The van der Waals surface area contributed by atoms with Crippen molar-refractivity contribution >= 4 is 23.4 Å². The lowest BCUT2D eigenvalue weighted by atomic mass is 9.90. The fraction of sp³-hybridized carbons (Fsp3) is 0.586. The smallest absolute Gasteiger partial charge is 0.369 e. The van der Waals surface area contributed by atoms with Crippen LogP contribution in [0.15, 0.2) is 24.3 Å². The van der Waals surface area contributed by atoms with E-state index >= 15 is 0 Å². The van der Waals surface area contributed by atoms with Crippen LogP contribution in [0.3, 0.4) is 0 Å². The van der Waals surface area contributed by atoms with Gasteiger partial charge in [0.15, 0.2) is 6.10 Å². The second-order valence-electron chi connectivity index (χ2n) is 11.1. The van der Waals surface area contributed by atoms with E-state index in [1.807, 2.05) is 12.1 Å². The van der Waals surface area contributed by atoms with Crippen molar-refractivity contribution in [2.24, 2.45) is 0 Å². The molecule has 7 nitrogen and oxygen atoms in total. The number of quaternary nitrogens is 1. The maximum atomic E-state index is 13.1. The predicted molar refractivity (Wildman–Crippen MR) is 142 cm³/mol. The van der Waals surface area contributed by atoms with Gasteiger partial charge in [-0.3, -0.25) is 4.48 Å². The zero-order valence-corrected chi connectivity index (χ0v) is 22.6. The van der Waals surface area contributed by atoms with E-state index in [9.17, 15) is 4.79 Å². The summed E-state index contributed by atoms with van der Waals surface area (Å²) >= 11 is 6.47. The summed E-state index contributed by atoms with van der Waals surface area (Å²) in [7, 11) is 1.46. The summed E-state index contributed by atoms with van der Waals surface area (Å²) < 4.78 is 18.5. The molecular formula is C29H37ClN3O4+. The van der Waals surface area contributed by atoms with Gasteiger partial charge in [-0.05, 0) is 67.9 Å². The number of hydrogen-bond donors (Lipinski definition) is 1. The Morgan fingerprint density at radius 3 is 2.92 bits per heavy atom. The number of nitrogens with zero attached hydrogens (tertiary/aromatic N) is 2. The van der Waals surface area contributed by atoms with Crippen molar-refractivity contribution in [2.75, 3.05) is 45.3 Å². The summed E-state index contributed by atoms with van der Waals surface area (Å²) in [5.74, 6) is 0.849. The molecule has 0 bridgehead atoms. The first kappa shape index (κ1) is 25.1. The number of fused-ring (bicyclic) bond motifs is 2. The minimum atomic E-state index is -0.580. The first-order valence-corrected chi connectivity index (χ1v) is 14.1. The van der Waals surface area contributed by atoms with Crippen LogP contribution in [0, 0.1) is 0 Å². The maximum absolute atomic E-state index is 13.1. The zero-order valence-electron chi connectivity index (χ0n) is 21.9. The highest BCUT2D eigenvalue weighted by Gasteiger charge is 2.71. The van der Waals surface area contributed by atoms with Crippen LogP contribution in [0.1, 0.15) is 66.6 Å². The number of carbonyl (C=O) groups excluding carboxylic acids is 1. The molecule has 1 saturated heterocycles. The van der Waals surface area contributed by atoms with Crippen molar-refractivity contribution in [3.05, 3.63) is 57.2 Å². The summed E-state index contributed by atoms with van der Waals surface area (Å²) in [5.41, 5.74) is 5.20. The molecule has 1 N–H and O–H groups in total. The van der Waals surface area contributed by atoms with Crippen molar-refractivity contribution in [1.82, 2.24) is 4.98 Å². The van der Waals surface area contributed by atoms with Crippen molar-refractivity contribution in [1.29, 1.82) is 0 Å². The number of ether oxygens (including phenoxy) is 3. The average molecular weight is 527 g/mol. The SMILES string of the molecule is COC(=O)C1c2cc(Cl)cc3c2C(C)(OCC3)[N+]12CC(OCCCCCc1ccc3c(n1)NCCC3)C2. The van der Waals surface area contributed by atoms with Gasteiger partial charge in [0.2, 0.25) is 11.8 Å². The molecule has 2 unspecified atom stereocenters. The van der Waals surface area contributed by atoms with Gasteiger partial charge in [-0.15, -0.1) is 0 Å². The van der Waals surface area contributed by atoms with Crippen LogP contribution >= 0.6 is 11.6 Å². The first-order valence-electron chi connectivity index (χ1n) is 13.7. The summed E-state index contributed by atoms with van der Waals surface area (Å²) in [4.78, 5) is 17.9. The van der Waals surface area contributed by atoms with Crippen LogP contribution in [0.4, 0.5) is 5.82 Å². The lowest BCUT2D eigenvalue weighted by Crippen LogP contribution is -2.75. The molecule has 2 aromatic rings. The number of hydrogen-bond acceptors (Lipinski definition) is 6. The van der Waals surface area contributed by atoms with Gasteiger partial charge in [-0.25, -0.2) is 9.78 Å². The molecule has 1 aromatic carbocycles. The molecule has 4 aliphatic rings. The van der Waals surface area contributed by atoms with Crippen molar-refractivity contribution < 1.29 is 23.5 Å². The third kappa shape index (κ3) is 4.15. The number of benzene rings is 1. The maximum Gasteiger partial charge on any atom is 0.369 e. The Morgan fingerprint density at radius 2 is 2.08 bits per heavy atom. The molecule has 0 radical (unpaired) electrons. The Morgan fingerprint density at radius 1 is 1.22 bits per heavy atom. The van der Waals surface area contributed by atoms with Crippen molar-refractivity contribution in [3.8, 4) is 0 Å². The van der Waals surface area contributed by atoms with Gasteiger partial charge in [0.25, 0.3) is 0 Å². The molecule has 1 fully saturated rings. The predicted octanol–water partition coefficient (Wildman–Crippen LogP) is 4.69. The van der Waals surface area contributed by atoms with Crippen LogP contribution in [-0.2, 0) is 44.0 Å². The fourth-order valence-corrected chi connectivity index (χ4v) is 7.33. The number of anilines is 1. The lowest BCUT2D eigenvalue weighted by Gasteiger charge is -2.57. The van der Waals surface area contributed by atoms with Crippen LogP contribution in [0.2, 0.25) is 5.02 Å². The number of nitrogens with one attached hydrogen (secondary N) is 1. The van der Waals surface area contributed by atoms with Gasteiger partial charge in [0, 0.05) is 36.4 Å². The van der Waals surface area contributed by atoms with Gasteiger partial charge in [0.05, 0.1) is 19.3 Å². The second kappa shape index (κ2) is 9.84. The van der Waals surface area contributed by atoms with Gasteiger partial charge in [0.1, 0.15) is 18.9 Å². The zero-order chi connectivity index (χ0) is 25.6. The molecule has 2 atom stereocenters. The molecule has 4 aliphatic heterocycles. The molecule has 6 rings (SSSR count). The Kier molecular flexibility index (Phi) is 6.68. The standard InChI is InChI=1S/C29H37ClN3O4/c1-29-25-20(11-14-37-29)15-21(30)16-24(25)26(28(34)35-2)33(29)17-23(18-33)36-13-5-3-4-8-22-10-9-19-7-6-12-31-27(19)32-22/h9-10,15-16,23,26H,3-8,11-14,17-18H2,1-2H3,(H,31,32)/q+1. The number of methoxy groups -OCH3 is 1. The number of rotatable bonds is 8. The number of esters is 1. The molecule has 0 saturated carbocycles. The summed E-state index contributed by atoms with van der Waals surface area (Å²) in [6.07, 6.45) is 7.46. The normalized spacial score (nSPS) is 29.3. The van der Waals surface area contributed by atoms with E-state index < -0.39 is 11.8 Å². The topological polar surface area (TPSA) is 69.7 Å². The van der Waals surface area contributed by atoms with Gasteiger partial charge >= 0.3 is 5.97 Å². The van der Waals surface area contributed by atoms with Crippen molar-refractivity contribution in [2.45, 2.75) is 69.7 Å². The summed E-state index contributed by atoms with van der Waals surface area (Å²) in [6, 6.07) is 7.94.